The van der Waals surface area contributed by atoms with Crippen LogP contribution in [-0.2, 0) is 0 Å². The van der Waals surface area contributed by atoms with Gasteiger partial charge in [-0.2, -0.15) is 0 Å². The second-order valence-corrected chi connectivity index (χ2v) is 6.83. The molecule has 3 atom stereocenters. The van der Waals surface area contributed by atoms with Gasteiger partial charge in [0.1, 0.15) is 0 Å². The van der Waals surface area contributed by atoms with Gasteiger partial charge < -0.3 is 0 Å². The molecule has 104 valence electrons. The normalized spacial score (nSPS) is 37.0. The summed E-state index contributed by atoms with van der Waals surface area (Å²) in [6.45, 7) is 8.97. The molecule has 0 bridgehead atoms. The predicted octanol–water partition coefficient (Wildman–Crippen LogP) is 3.12. The van der Waals surface area contributed by atoms with E-state index in [-0.39, 0.29) is 0 Å². The quantitative estimate of drug-likeness (QED) is 0.759. The molecule has 2 aliphatic heterocycles. The number of hydrogen-bond acceptors (Lipinski definition) is 2. The van der Waals surface area contributed by atoms with Crippen LogP contribution in [0.25, 0.3) is 0 Å². The van der Waals surface area contributed by atoms with Crippen LogP contribution in [0.15, 0.2) is 0 Å². The molecule has 0 radical (unpaired) electrons. The Morgan fingerprint density at radius 3 is 2.56 bits per heavy atom. The van der Waals surface area contributed by atoms with Gasteiger partial charge in [0, 0.05) is 31.2 Å². The molecule has 1 saturated carbocycles. The maximum atomic E-state index is 2.89. The highest BCUT2D eigenvalue weighted by atomic mass is 15.3. The molecule has 3 aliphatic rings. The highest BCUT2D eigenvalue weighted by molar-refractivity contribution is 4.95. The third kappa shape index (κ3) is 2.34. The Hall–Kier alpha value is -0.0800. The van der Waals surface area contributed by atoms with Gasteiger partial charge in [-0.1, -0.05) is 19.8 Å². The minimum absolute atomic E-state index is 0.829. The maximum absolute atomic E-state index is 2.89. The molecule has 1 aliphatic carbocycles. The molecule has 0 aromatic heterocycles. The highest BCUT2D eigenvalue weighted by Gasteiger charge is 2.39. The molecule has 18 heavy (non-hydrogen) atoms. The summed E-state index contributed by atoms with van der Waals surface area (Å²) in [5.74, 6) is 0.993. The first-order chi connectivity index (χ1) is 8.79. The molecule has 3 unspecified atom stereocenters. The Kier molecular flexibility index (Phi) is 3.95. The van der Waals surface area contributed by atoms with Gasteiger partial charge in [0.05, 0.1) is 0 Å². The van der Waals surface area contributed by atoms with Crippen molar-refractivity contribution in [1.29, 1.82) is 0 Å². The van der Waals surface area contributed by atoms with E-state index in [9.17, 15) is 0 Å². The Morgan fingerprint density at radius 1 is 1.06 bits per heavy atom. The van der Waals surface area contributed by atoms with Gasteiger partial charge in [-0.05, 0) is 51.5 Å². The van der Waals surface area contributed by atoms with Crippen LogP contribution in [0, 0.1) is 5.92 Å². The van der Waals surface area contributed by atoms with E-state index in [1.807, 2.05) is 0 Å². The van der Waals surface area contributed by atoms with E-state index in [0.29, 0.717) is 0 Å². The van der Waals surface area contributed by atoms with Crippen molar-refractivity contribution in [2.75, 3.05) is 19.6 Å². The van der Waals surface area contributed by atoms with E-state index in [1.54, 1.807) is 0 Å². The van der Waals surface area contributed by atoms with Crippen LogP contribution in [0.5, 0.6) is 0 Å². The minimum atomic E-state index is 0.829. The van der Waals surface area contributed by atoms with Gasteiger partial charge in [-0.15, -0.1) is 0 Å². The van der Waals surface area contributed by atoms with E-state index in [1.165, 1.54) is 64.6 Å². The highest BCUT2D eigenvalue weighted by Crippen LogP contribution is 2.34. The second-order valence-electron chi connectivity index (χ2n) is 6.83. The fraction of sp³-hybridized carbons (Fsp3) is 1.00. The fourth-order valence-electron chi connectivity index (χ4n) is 4.68. The standard InChI is InChI=1S/C16H30N2/c1-3-15-11-17-10-6-9-16(17)12-18(15)13(2)14-7-4-5-8-14/h13-16H,3-12H2,1-2H3. The van der Waals surface area contributed by atoms with Gasteiger partial charge in [-0.3, -0.25) is 9.80 Å². The molecule has 2 nitrogen and oxygen atoms in total. The molecule has 2 saturated heterocycles. The van der Waals surface area contributed by atoms with E-state index in [4.69, 9.17) is 0 Å². The van der Waals surface area contributed by atoms with Crippen LogP contribution in [0.3, 0.4) is 0 Å². The second kappa shape index (κ2) is 5.50. The molecule has 2 heteroatoms. The first-order valence-corrected chi connectivity index (χ1v) is 8.29. The van der Waals surface area contributed by atoms with Gasteiger partial charge in [0.2, 0.25) is 0 Å². The molecule has 0 N–H and O–H groups in total. The number of hydrogen-bond donors (Lipinski definition) is 0. The summed E-state index contributed by atoms with van der Waals surface area (Å²) in [6, 6.07) is 2.55. The van der Waals surface area contributed by atoms with Crippen LogP contribution in [0.2, 0.25) is 0 Å². The van der Waals surface area contributed by atoms with Crippen LogP contribution in [-0.4, -0.2) is 47.6 Å². The summed E-state index contributed by atoms with van der Waals surface area (Å²) >= 11 is 0. The number of piperazine rings is 1. The lowest BCUT2D eigenvalue weighted by atomic mass is 9.93. The molecule has 0 aromatic rings. The molecule has 2 heterocycles. The lowest BCUT2D eigenvalue weighted by Gasteiger charge is -2.47. The molecular weight excluding hydrogens is 220 g/mol. The average molecular weight is 250 g/mol. The topological polar surface area (TPSA) is 6.48 Å². The van der Waals surface area contributed by atoms with Gasteiger partial charge in [0.15, 0.2) is 0 Å². The van der Waals surface area contributed by atoms with Crippen molar-refractivity contribution < 1.29 is 0 Å². The number of nitrogens with zero attached hydrogens (tertiary/aromatic N) is 2. The Bertz CT molecular complexity index is 272. The van der Waals surface area contributed by atoms with Crippen molar-refractivity contribution in [1.82, 2.24) is 9.80 Å². The zero-order chi connectivity index (χ0) is 12.5. The third-order valence-electron chi connectivity index (χ3n) is 5.91. The third-order valence-corrected chi connectivity index (χ3v) is 5.91. The van der Waals surface area contributed by atoms with Crippen molar-refractivity contribution in [2.45, 2.75) is 76.9 Å². The summed E-state index contributed by atoms with van der Waals surface area (Å²) in [4.78, 5) is 5.66. The molecule has 0 aromatic carbocycles. The van der Waals surface area contributed by atoms with Crippen LogP contribution >= 0.6 is 0 Å². The van der Waals surface area contributed by atoms with Crippen LogP contribution < -0.4 is 0 Å². The zero-order valence-electron chi connectivity index (χ0n) is 12.3. The zero-order valence-corrected chi connectivity index (χ0v) is 12.3. The van der Waals surface area contributed by atoms with Crippen molar-refractivity contribution in [2.24, 2.45) is 5.92 Å². The summed E-state index contributed by atoms with van der Waals surface area (Å²) in [5, 5.41) is 0. The van der Waals surface area contributed by atoms with Crippen LogP contribution in [0.1, 0.15) is 58.8 Å². The number of rotatable bonds is 3. The van der Waals surface area contributed by atoms with Crippen molar-refractivity contribution in [3.8, 4) is 0 Å². The molecule has 0 spiro atoms. The van der Waals surface area contributed by atoms with Crippen LogP contribution in [0.4, 0.5) is 0 Å². The Morgan fingerprint density at radius 2 is 1.83 bits per heavy atom. The number of fused-ring (bicyclic) bond motifs is 1. The predicted molar refractivity (Wildman–Crippen MR) is 76.8 cm³/mol. The monoisotopic (exact) mass is 250 g/mol. The largest absolute Gasteiger partial charge is 0.298 e. The lowest BCUT2D eigenvalue weighted by Crippen LogP contribution is -2.59. The summed E-state index contributed by atoms with van der Waals surface area (Å²) in [7, 11) is 0. The van der Waals surface area contributed by atoms with Gasteiger partial charge in [-0.25, -0.2) is 0 Å². The summed E-state index contributed by atoms with van der Waals surface area (Å²) in [5.41, 5.74) is 0. The van der Waals surface area contributed by atoms with E-state index in [2.05, 4.69) is 23.6 Å². The average Bonchev–Trinajstić information content (AvgIpc) is 3.06. The maximum Gasteiger partial charge on any atom is 0.0224 e. The first kappa shape index (κ1) is 12.9. The lowest BCUT2D eigenvalue weighted by molar-refractivity contribution is 0.00631. The fourth-order valence-corrected chi connectivity index (χ4v) is 4.68. The SMILES string of the molecule is CCC1CN2CCCC2CN1C(C)C1CCCC1. The Labute approximate surface area is 113 Å². The summed E-state index contributed by atoms with van der Waals surface area (Å²) in [6.07, 6.45) is 10.2. The molecule has 0 amide bonds. The smallest absolute Gasteiger partial charge is 0.0224 e. The van der Waals surface area contributed by atoms with Gasteiger partial charge in [0.25, 0.3) is 0 Å². The van der Waals surface area contributed by atoms with E-state index in [0.717, 1.165) is 24.0 Å². The summed E-state index contributed by atoms with van der Waals surface area (Å²) < 4.78 is 0. The van der Waals surface area contributed by atoms with E-state index >= 15 is 0 Å². The van der Waals surface area contributed by atoms with E-state index < -0.39 is 0 Å². The van der Waals surface area contributed by atoms with Crippen molar-refractivity contribution in [3.63, 3.8) is 0 Å². The Balaban J connectivity index is 1.68. The molecule has 3 fully saturated rings. The van der Waals surface area contributed by atoms with Crippen molar-refractivity contribution in [3.05, 3.63) is 0 Å². The molecule has 3 rings (SSSR count). The minimum Gasteiger partial charge on any atom is -0.298 e. The van der Waals surface area contributed by atoms with Gasteiger partial charge >= 0.3 is 0 Å². The van der Waals surface area contributed by atoms with Crippen molar-refractivity contribution >= 4 is 0 Å². The first-order valence-electron chi connectivity index (χ1n) is 8.29. The molecular formula is C16H30N2.